The lowest BCUT2D eigenvalue weighted by Crippen LogP contribution is -2.21. The van der Waals surface area contributed by atoms with Gasteiger partial charge in [-0.05, 0) is 32.4 Å². The summed E-state index contributed by atoms with van der Waals surface area (Å²) in [4.78, 5) is 0. The van der Waals surface area contributed by atoms with E-state index >= 15 is 0 Å². The van der Waals surface area contributed by atoms with Crippen LogP contribution >= 0.6 is 0 Å². The zero-order valence-corrected chi connectivity index (χ0v) is 8.47. The quantitative estimate of drug-likeness (QED) is 0.550. The molecule has 0 spiro atoms. The Bertz CT molecular complexity index is 85.9. The van der Waals surface area contributed by atoms with E-state index in [-0.39, 0.29) is 6.10 Å². The van der Waals surface area contributed by atoms with Gasteiger partial charge in [0.2, 0.25) is 0 Å². The van der Waals surface area contributed by atoms with Crippen molar-refractivity contribution in [2.75, 3.05) is 13.1 Å². The molecule has 0 aliphatic rings. The highest BCUT2D eigenvalue weighted by Gasteiger charge is 2.00. The highest BCUT2D eigenvalue weighted by molar-refractivity contribution is 4.56. The lowest BCUT2D eigenvalue weighted by Gasteiger charge is -2.09. The monoisotopic (exact) mass is 173 g/mol. The lowest BCUT2D eigenvalue weighted by atomic mass is 10.1. The molecule has 12 heavy (non-hydrogen) atoms. The molecule has 0 aromatic rings. The second-order valence-corrected chi connectivity index (χ2v) is 3.33. The zero-order chi connectivity index (χ0) is 9.23. The first-order valence-corrected chi connectivity index (χ1v) is 5.20. The van der Waals surface area contributed by atoms with Crippen molar-refractivity contribution in [2.24, 2.45) is 0 Å². The molecule has 74 valence electrons. The molecule has 0 amide bonds. The molecule has 2 nitrogen and oxygen atoms in total. The molecule has 0 saturated heterocycles. The SMILES string of the molecule is CCCCNCCC(O)CCC. The van der Waals surface area contributed by atoms with Crippen molar-refractivity contribution in [2.45, 2.75) is 52.1 Å². The van der Waals surface area contributed by atoms with Crippen molar-refractivity contribution in [3.8, 4) is 0 Å². The van der Waals surface area contributed by atoms with Gasteiger partial charge in [-0.25, -0.2) is 0 Å². The number of unbranched alkanes of at least 4 members (excludes halogenated alkanes) is 1. The summed E-state index contributed by atoms with van der Waals surface area (Å²) in [5.74, 6) is 0. The third kappa shape index (κ3) is 8.02. The molecule has 0 bridgehead atoms. The van der Waals surface area contributed by atoms with Crippen molar-refractivity contribution < 1.29 is 5.11 Å². The van der Waals surface area contributed by atoms with Crippen LogP contribution in [0.4, 0.5) is 0 Å². The van der Waals surface area contributed by atoms with Crippen molar-refractivity contribution in [1.29, 1.82) is 0 Å². The van der Waals surface area contributed by atoms with Gasteiger partial charge in [-0.1, -0.05) is 26.7 Å². The molecule has 1 unspecified atom stereocenters. The van der Waals surface area contributed by atoms with Gasteiger partial charge in [-0.2, -0.15) is 0 Å². The fourth-order valence-electron chi connectivity index (χ4n) is 1.17. The number of nitrogens with one attached hydrogen (secondary N) is 1. The van der Waals surface area contributed by atoms with E-state index in [2.05, 4.69) is 19.2 Å². The van der Waals surface area contributed by atoms with Crippen molar-refractivity contribution in [1.82, 2.24) is 5.32 Å². The molecule has 0 aromatic heterocycles. The molecule has 0 rings (SSSR count). The van der Waals surface area contributed by atoms with Crippen LogP contribution in [0.5, 0.6) is 0 Å². The highest BCUT2D eigenvalue weighted by Crippen LogP contribution is 1.99. The van der Waals surface area contributed by atoms with Crippen LogP contribution in [-0.2, 0) is 0 Å². The molecule has 0 radical (unpaired) electrons. The first-order chi connectivity index (χ1) is 5.81. The van der Waals surface area contributed by atoms with Crippen LogP contribution in [-0.4, -0.2) is 24.3 Å². The van der Waals surface area contributed by atoms with Crippen LogP contribution in [0, 0.1) is 0 Å². The number of aliphatic hydroxyl groups excluding tert-OH is 1. The van der Waals surface area contributed by atoms with Crippen LogP contribution in [0.25, 0.3) is 0 Å². The number of hydrogen-bond acceptors (Lipinski definition) is 2. The Balaban J connectivity index is 2.97. The van der Waals surface area contributed by atoms with Crippen LogP contribution in [0.1, 0.15) is 46.0 Å². The lowest BCUT2D eigenvalue weighted by molar-refractivity contribution is 0.153. The predicted molar refractivity (Wildman–Crippen MR) is 53.3 cm³/mol. The smallest absolute Gasteiger partial charge is 0.0552 e. The summed E-state index contributed by atoms with van der Waals surface area (Å²) in [5, 5.41) is 12.7. The van der Waals surface area contributed by atoms with E-state index in [0.717, 1.165) is 32.4 Å². The molecule has 2 heteroatoms. The first kappa shape index (κ1) is 11.9. The number of aliphatic hydroxyl groups is 1. The van der Waals surface area contributed by atoms with Crippen LogP contribution in [0.15, 0.2) is 0 Å². The maximum Gasteiger partial charge on any atom is 0.0552 e. The van der Waals surface area contributed by atoms with Gasteiger partial charge in [0.15, 0.2) is 0 Å². The third-order valence-electron chi connectivity index (χ3n) is 1.98. The van der Waals surface area contributed by atoms with E-state index in [1.165, 1.54) is 12.8 Å². The Hall–Kier alpha value is -0.0800. The van der Waals surface area contributed by atoms with E-state index in [1.54, 1.807) is 0 Å². The normalized spacial score (nSPS) is 13.2. The Morgan fingerprint density at radius 2 is 1.83 bits per heavy atom. The molecule has 1 atom stereocenters. The van der Waals surface area contributed by atoms with E-state index in [0.29, 0.717) is 0 Å². The zero-order valence-electron chi connectivity index (χ0n) is 8.47. The molecule has 0 aromatic carbocycles. The van der Waals surface area contributed by atoms with E-state index in [9.17, 15) is 5.11 Å². The van der Waals surface area contributed by atoms with Crippen molar-refractivity contribution in [3.05, 3.63) is 0 Å². The van der Waals surface area contributed by atoms with Gasteiger partial charge in [-0.15, -0.1) is 0 Å². The summed E-state index contributed by atoms with van der Waals surface area (Å²) in [6, 6.07) is 0. The van der Waals surface area contributed by atoms with Crippen LogP contribution in [0.3, 0.4) is 0 Å². The summed E-state index contributed by atoms with van der Waals surface area (Å²) < 4.78 is 0. The molecule has 0 heterocycles. The molecule has 0 fully saturated rings. The van der Waals surface area contributed by atoms with Gasteiger partial charge in [0.1, 0.15) is 0 Å². The summed E-state index contributed by atoms with van der Waals surface area (Å²) in [7, 11) is 0. The minimum Gasteiger partial charge on any atom is -0.393 e. The predicted octanol–water partition coefficient (Wildman–Crippen LogP) is 1.93. The Kier molecular flexibility index (Phi) is 8.95. The molecular weight excluding hydrogens is 150 g/mol. The molecule has 2 N–H and O–H groups in total. The van der Waals surface area contributed by atoms with Gasteiger partial charge in [0, 0.05) is 0 Å². The summed E-state index contributed by atoms with van der Waals surface area (Å²) in [6.45, 7) is 6.35. The number of rotatable bonds is 8. The second-order valence-electron chi connectivity index (χ2n) is 3.33. The van der Waals surface area contributed by atoms with Crippen molar-refractivity contribution >= 4 is 0 Å². The average molecular weight is 173 g/mol. The fraction of sp³-hybridized carbons (Fsp3) is 1.00. The van der Waals surface area contributed by atoms with Crippen molar-refractivity contribution in [3.63, 3.8) is 0 Å². The molecular formula is C10H23NO. The van der Waals surface area contributed by atoms with E-state index in [4.69, 9.17) is 0 Å². The van der Waals surface area contributed by atoms with E-state index < -0.39 is 0 Å². The number of hydrogen-bond donors (Lipinski definition) is 2. The van der Waals surface area contributed by atoms with Gasteiger partial charge >= 0.3 is 0 Å². The Morgan fingerprint density at radius 1 is 1.08 bits per heavy atom. The average Bonchev–Trinajstić information content (AvgIpc) is 2.05. The van der Waals surface area contributed by atoms with Gasteiger partial charge in [0.25, 0.3) is 0 Å². The van der Waals surface area contributed by atoms with Crippen LogP contribution < -0.4 is 5.32 Å². The standard InChI is InChI=1S/C10H23NO/c1-3-5-8-11-9-7-10(12)6-4-2/h10-12H,3-9H2,1-2H3. The summed E-state index contributed by atoms with van der Waals surface area (Å²) in [5.41, 5.74) is 0. The molecule has 0 aliphatic carbocycles. The van der Waals surface area contributed by atoms with Gasteiger partial charge in [-0.3, -0.25) is 0 Å². The molecule has 0 saturated carbocycles. The van der Waals surface area contributed by atoms with Crippen LogP contribution in [0.2, 0.25) is 0 Å². The van der Waals surface area contributed by atoms with E-state index in [1.807, 2.05) is 0 Å². The second kappa shape index (κ2) is 9.01. The maximum absolute atomic E-state index is 9.37. The molecule has 0 aliphatic heterocycles. The summed E-state index contributed by atoms with van der Waals surface area (Å²) in [6.07, 6.45) is 5.31. The minimum atomic E-state index is -0.0934. The largest absolute Gasteiger partial charge is 0.393 e. The Morgan fingerprint density at radius 3 is 2.42 bits per heavy atom. The first-order valence-electron chi connectivity index (χ1n) is 5.20. The fourth-order valence-corrected chi connectivity index (χ4v) is 1.17. The van der Waals surface area contributed by atoms with Gasteiger partial charge < -0.3 is 10.4 Å². The highest BCUT2D eigenvalue weighted by atomic mass is 16.3. The minimum absolute atomic E-state index is 0.0934. The summed E-state index contributed by atoms with van der Waals surface area (Å²) >= 11 is 0. The topological polar surface area (TPSA) is 32.3 Å². The maximum atomic E-state index is 9.37. The third-order valence-corrected chi connectivity index (χ3v) is 1.98. The Labute approximate surface area is 76.4 Å². The van der Waals surface area contributed by atoms with Gasteiger partial charge in [0.05, 0.1) is 6.10 Å².